The molecule has 2 aromatic carbocycles. The van der Waals surface area contributed by atoms with Crippen LogP contribution in [0.3, 0.4) is 0 Å². The largest absolute Gasteiger partial charge is 0.497 e. The van der Waals surface area contributed by atoms with Crippen LogP contribution in [0.15, 0.2) is 57.3 Å². The molecule has 0 spiro atoms. The van der Waals surface area contributed by atoms with E-state index in [1.54, 1.807) is 18.2 Å². The summed E-state index contributed by atoms with van der Waals surface area (Å²) in [5.41, 5.74) is 2.19. The molecule has 0 bridgehead atoms. The second-order valence-corrected chi connectivity index (χ2v) is 7.60. The van der Waals surface area contributed by atoms with Gasteiger partial charge in [0.15, 0.2) is 12.1 Å². The molecule has 0 aliphatic carbocycles. The first-order chi connectivity index (χ1) is 16.0. The van der Waals surface area contributed by atoms with Crippen LogP contribution in [0, 0.1) is 6.92 Å². The van der Waals surface area contributed by atoms with Crippen molar-refractivity contribution >= 4 is 17.5 Å². The quantitative estimate of drug-likeness (QED) is 0.527. The van der Waals surface area contributed by atoms with Crippen molar-refractivity contribution in [3.63, 3.8) is 0 Å². The number of fused-ring (bicyclic) bond motifs is 1. The van der Waals surface area contributed by atoms with Crippen LogP contribution in [0.1, 0.15) is 11.5 Å². The van der Waals surface area contributed by atoms with Crippen molar-refractivity contribution in [2.45, 2.75) is 25.6 Å². The summed E-state index contributed by atoms with van der Waals surface area (Å²) in [5, 5.41) is 13.5. The molecule has 33 heavy (non-hydrogen) atoms. The zero-order valence-corrected chi connectivity index (χ0v) is 18.1. The van der Waals surface area contributed by atoms with Gasteiger partial charge in [-0.2, -0.15) is 10.1 Å². The van der Waals surface area contributed by atoms with E-state index in [-0.39, 0.29) is 12.4 Å². The Morgan fingerprint density at radius 3 is 2.45 bits per heavy atom. The molecule has 1 fully saturated rings. The van der Waals surface area contributed by atoms with E-state index in [1.807, 2.05) is 31.2 Å². The number of hydrogen-bond acceptors (Lipinski definition) is 10. The van der Waals surface area contributed by atoms with Crippen molar-refractivity contribution in [3.05, 3.63) is 53.9 Å². The van der Waals surface area contributed by atoms with Crippen LogP contribution in [0.2, 0.25) is 0 Å². The standard InChI is InChI=1S/C22H20N6O5/c1-12-6-4-5-7-16(12)20-23-17(33-25-20)11-27-19-18(24-26-27)21(29)28(22(19)30)13-8-14(31-2)10-15(9-13)32-3/h4-10,18-19H,11H2,1-3H3/t18-,19-/m0/s1. The van der Waals surface area contributed by atoms with Crippen molar-refractivity contribution in [3.8, 4) is 22.9 Å². The van der Waals surface area contributed by atoms with E-state index in [2.05, 4.69) is 20.5 Å². The highest BCUT2D eigenvalue weighted by Crippen LogP contribution is 2.36. The first-order valence-corrected chi connectivity index (χ1v) is 10.2. The number of aromatic nitrogens is 2. The lowest BCUT2D eigenvalue weighted by Gasteiger charge is -2.20. The fraction of sp³-hybridized carbons (Fsp3) is 0.273. The normalized spacial score (nSPS) is 19.4. The van der Waals surface area contributed by atoms with Crippen LogP contribution < -0.4 is 14.4 Å². The molecule has 1 aromatic heterocycles. The van der Waals surface area contributed by atoms with Gasteiger partial charge in [0, 0.05) is 23.8 Å². The Labute approximate surface area is 188 Å². The van der Waals surface area contributed by atoms with Gasteiger partial charge in [0.05, 0.1) is 19.9 Å². The molecule has 3 aromatic rings. The first kappa shape index (κ1) is 20.6. The van der Waals surface area contributed by atoms with Gasteiger partial charge in [-0.3, -0.25) is 14.6 Å². The summed E-state index contributed by atoms with van der Waals surface area (Å²) < 4.78 is 15.9. The van der Waals surface area contributed by atoms with Gasteiger partial charge < -0.3 is 14.0 Å². The third kappa shape index (κ3) is 3.47. The molecule has 1 saturated heterocycles. The lowest BCUT2D eigenvalue weighted by molar-refractivity contribution is -0.123. The second-order valence-electron chi connectivity index (χ2n) is 7.60. The van der Waals surface area contributed by atoms with Crippen LogP contribution in [-0.2, 0) is 16.1 Å². The Bertz CT molecular complexity index is 1250. The summed E-state index contributed by atoms with van der Waals surface area (Å²) in [7, 11) is 2.99. The fourth-order valence-electron chi connectivity index (χ4n) is 3.92. The van der Waals surface area contributed by atoms with E-state index >= 15 is 0 Å². The van der Waals surface area contributed by atoms with Crippen molar-refractivity contribution < 1.29 is 23.6 Å². The second kappa shape index (κ2) is 8.01. The summed E-state index contributed by atoms with van der Waals surface area (Å²) in [6, 6.07) is 10.7. The van der Waals surface area contributed by atoms with E-state index in [4.69, 9.17) is 14.0 Å². The summed E-state index contributed by atoms with van der Waals surface area (Å²) in [4.78, 5) is 31.8. The molecular weight excluding hydrogens is 428 g/mol. The maximum absolute atomic E-state index is 13.3. The zero-order chi connectivity index (χ0) is 23.1. The number of imide groups is 1. The summed E-state index contributed by atoms with van der Waals surface area (Å²) in [6.45, 7) is 1.99. The van der Waals surface area contributed by atoms with Crippen molar-refractivity contribution in [1.82, 2.24) is 15.1 Å². The Morgan fingerprint density at radius 1 is 1.03 bits per heavy atom. The molecule has 3 heterocycles. The molecule has 11 nitrogen and oxygen atoms in total. The minimum atomic E-state index is -0.951. The number of anilines is 1. The third-order valence-electron chi connectivity index (χ3n) is 5.60. The number of benzene rings is 2. The molecule has 0 saturated carbocycles. The summed E-state index contributed by atoms with van der Waals surface area (Å²) in [6.07, 6.45) is 0. The van der Waals surface area contributed by atoms with Gasteiger partial charge in [0.2, 0.25) is 11.7 Å². The molecule has 2 aliphatic rings. The van der Waals surface area contributed by atoms with Crippen LogP contribution in [0.4, 0.5) is 5.69 Å². The lowest BCUT2D eigenvalue weighted by atomic mass is 10.1. The van der Waals surface area contributed by atoms with E-state index in [0.29, 0.717) is 23.0 Å². The third-order valence-corrected chi connectivity index (χ3v) is 5.60. The molecular formula is C22H20N6O5. The highest BCUT2D eigenvalue weighted by atomic mass is 16.5. The van der Waals surface area contributed by atoms with E-state index in [1.165, 1.54) is 19.2 Å². The maximum Gasteiger partial charge on any atom is 0.263 e. The highest BCUT2D eigenvalue weighted by Gasteiger charge is 2.55. The average Bonchev–Trinajstić information content (AvgIpc) is 3.52. The minimum Gasteiger partial charge on any atom is -0.497 e. The number of hydrogen-bond donors (Lipinski definition) is 0. The Balaban J connectivity index is 1.39. The fourth-order valence-corrected chi connectivity index (χ4v) is 3.92. The molecule has 0 N–H and O–H groups in total. The Morgan fingerprint density at radius 2 is 1.76 bits per heavy atom. The zero-order valence-electron chi connectivity index (χ0n) is 18.1. The number of aryl methyl sites for hydroxylation is 1. The molecule has 0 unspecified atom stereocenters. The number of carbonyl (C=O) groups is 2. The molecule has 2 aliphatic heterocycles. The Hall–Kier alpha value is -4.28. The topological polar surface area (TPSA) is 123 Å². The maximum atomic E-state index is 13.3. The number of rotatable bonds is 6. The van der Waals surface area contributed by atoms with Gasteiger partial charge in [0.1, 0.15) is 18.0 Å². The van der Waals surface area contributed by atoms with Crippen molar-refractivity contribution in [2.75, 3.05) is 19.1 Å². The SMILES string of the molecule is COc1cc(OC)cc(N2C(=O)[C@H]3N=NN(Cc4nc(-c5ccccc5C)no4)[C@@H]3C2=O)c1. The minimum absolute atomic E-state index is 0.0395. The van der Waals surface area contributed by atoms with Gasteiger partial charge in [-0.1, -0.05) is 34.6 Å². The molecule has 5 rings (SSSR count). The average molecular weight is 448 g/mol. The molecule has 168 valence electrons. The van der Waals surface area contributed by atoms with Gasteiger partial charge in [-0.05, 0) is 12.5 Å². The number of methoxy groups -OCH3 is 2. The summed E-state index contributed by atoms with van der Waals surface area (Å²) in [5.74, 6) is 0.677. The van der Waals surface area contributed by atoms with Gasteiger partial charge in [-0.25, -0.2) is 4.90 Å². The lowest BCUT2D eigenvalue weighted by Crippen LogP contribution is -2.39. The van der Waals surface area contributed by atoms with Gasteiger partial charge >= 0.3 is 0 Å². The number of nitrogens with zero attached hydrogens (tertiary/aromatic N) is 6. The molecule has 2 amide bonds. The van der Waals surface area contributed by atoms with Crippen LogP contribution >= 0.6 is 0 Å². The van der Waals surface area contributed by atoms with Crippen molar-refractivity contribution in [2.24, 2.45) is 10.3 Å². The molecule has 11 heteroatoms. The van der Waals surface area contributed by atoms with E-state index in [9.17, 15) is 9.59 Å². The van der Waals surface area contributed by atoms with Crippen LogP contribution in [0.25, 0.3) is 11.4 Å². The monoisotopic (exact) mass is 448 g/mol. The number of amides is 2. The van der Waals surface area contributed by atoms with Crippen molar-refractivity contribution in [1.29, 1.82) is 0 Å². The van der Waals surface area contributed by atoms with Crippen LogP contribution in [0.5, 0.6) is 11.5 Å². The smallest absolute Gasteiger partial charge is 0.263 e. The Kier molecular flexibility index (Phi) is 5.00. The highest BCUT2D eigenvalue weighted by molar-refractivity contribution is 6.25. The van der Waals surface area contributed by atoms with Gasteiger partial charge in [-0.15, -0.1) is 0 Å². The predicted molar refractivity (Wildman–Crippen MR) is 114 cm³/mol. The number of ether oxygens (including phenoxy) is 2. The predicted octanol–water partition coefficient (Wildman–Crippen LogP) is 2.56. The molecule has 2 atom stereocenters. The first-order valence-electron chi connectivity index (χ1n) is 10.2. The van der Waals surface area contributed by atoms with E-state index in [0.717, 1.165) is 16.0 Å². The molecule has 0 radical (unpaired) electrons. The van der Waals surface area contributed by atoms with Crippen LogP contribution in [-0.4, -0.2) is 53.3 Å². The summed E-state index contributed by atoms with van der Waals surface area (Å²) >= 11 is 0. The number of carbonyl (C=O) groups excluding carboxylic acids is 2. The van der Waals surface area contributed by atoms with Gasteiger partial charge in [0.25, 0.3) is 11.8 Å². The van der Waals surface area contributed by atoms with E-state index < -0.39 is 23.9 Å².